The molecule has 4 heteroatoms. The minimum atomic E-state index is -0.576. The zero-order chi connectivity index (χ0) is 10.6. The first kappa shape index (κ1) is 12.2. The Morgan fingerprint density at radius 2 is 1.85 bits per heavy atom. The highest BCUT2D eigenvalue weighted by molar-refractivity contribution is 5.68. The molecule has 0 aliphatic rings. The van der Waals surface area contributed by atoms with Crippen molar-refractivity contribution in [1.82, 2.24) is 5.32 Å². The smallest absolute Gasteiger partial charge is 0.407 e. The molecule has 4 nitrogen and oxygen atoms in total. The predicted octanol–water partition coefficient (Wildman–Crippen LogP) is 1.28. The molecular weight excluding hydrogens is 170 g/mol. The first-order valence-electron chi connectivity index (χ1n) is 4.40. The molecule has 1 amide bonds. The lowest BCUT2D eigenvalue weighted by atomic mass is 10.2. The molecule has 0 rings (SSSR count). The molecule has 2 atom stereocenters. The van der Waals surface area contributed by atoms with Crippen molar-refractivity contribution < 1.29 is 14.6 Å². The summed E-state index contributed by atoms with van der Waals surface area (Å²) in [6.07, 6.45) is -1.08. The summed E-state index contributed by atoms with van der Waals surface area (Å²) in [6, 6.07) is -0.296. The first-order valence-corrected chi connectivity index (χ1v) is 4.40. The van der Waals surface area contributed by atoms with Crippen molar-refractivity contribution in [3.8, 4) is 0 Å². The van der Waals surface area contributed by atoms with Gasteiger partial charge in [0, 0.05) is 0 Å². The molecule has 0 aliphatic heterocycles. The van der Waals surface area contributed by atoms with Crippen LogP contribution in [0.25, 0.3) is 0 Å². The zero-order valence-corrected chi connectivity index (χ0v) is 8.92. The third-order valence-corrected chi connectivity index (χ3v) is 1.47. The molecule has 78 valence electrons. The van der Waals surface area contributed by atoms with Crippen molar-refractivity contribution in [2.45, 2.75) is 52.4 Å². The third kappa shape index (κ3) is 6.40. The maximum atomic E-state index is 11.1. The Bertz CT molecular complexity index is 172. The second-order valence-corrected chi connectivity index (χ2v) is 4.18. The lowest BCUT2D eigenvalue weighted by Crippen LogP contribution is -2.42. The van der Waals surface area contributed by atoms with Crippen LogP contribution in [0.3, 0.4) is 0 Å². The molecule has 0 saturated heterocycles. The van der Waals surface area contributed by atoms with E-state index in [1.54, 1.807) is 34.6 Å². The summed E-state index contributed by atoms with van der Waals surface area (Å²) in [4.78, 5) is 11.1. The first-order chi connectivity index (χ1) is 5.72. The van der Waals surface area contributed by atoms with Gasteiger partial charge in [0.05, 0.1) is 12.1 Å². The molecule has 13 heavy (non-hydrogen) atoms. The number of amides is 1. The fourth-order valence-electron chi connectivity index (χ4n) is 0.614. The van der Waals surface area contributed by atoms with Crippen molar-refractivity contribution in [3.05, 3.63) is 0 Å². The highest BCUT2D eigenvalue weighted by atomic mass is 16.6. The Morgan fingerprint density at radius 3 is 2.15 bits per heavy atom. The van der Waals surface area contributed by atoms with E-state index in [2.05, 4.69) is 5.32 Å². The van der Waals surface area contributed by atoms with E-state index in [4.69, 9.17) is 9.84 Å². The van der Waals surface area contributed by atoms with Crippen molar-refractivity contribution in [2.75, 3.05) is 0 Å². The van der Waals surface area contributed by atoms with E-state index in [0.717, 1.165) is 0 Å². The van der Waals surface area contributed by atoms with Gasteiger partial charge in [-0.2, -0.15) is 0 Å². The number of nitrogens with one attached hydrogen (secondary N) is 1. The molecule has 0 aromatic heterocycles. The molecule has 0 spiro atoms. The van der Waals surface area contributed by atoms with Crippen molar-refractivity contribution in [1.29, 1.82) is 0 Å². The van der Waals surface area contributed by atoms with Gasteiger partial charge in [-0.3, -0.25) is 0 Å². The van der Waals surface area contributed by atoms with Crippen LogP contribution in [0.5, 0.6) is 0 Å². The van der Waals surface area contributed by atoms with Gasteiger partial charge in [0.25, 0.3) is 0 Å². The molecule has 0 fully saturated rings. The van der Waals surface area contributed by atoms with Crippen LogP contribution in [0.4, 0.5) is 4.79 Å². The Kier molecular flexibility index (Phi) is 4.20. The second kappa shape index (κ2) is 4.46. The van der Waals surface area contributed by atoms with Crippen molar-refractivity contribution >= 4 is 6.09 Å². The van der Waals surface area contributed by atoms with E-state index in [9.17, 15) is 4.79 Å². The van der Waals surface area contributed by atoms with E-state index in [0.29, 0.717) is 0 Å². The number of alkyl carbamates (subject to hydrolysis) is 1. The highest BCUT2D eigenvalue weighted by Crippen LogP contribution is 2.06. The molecule has 0 radical (unpaired) electrons. The monoisotopic (exact) mass is 189 g/mol. The summed E-state index contributed by atoms with van der Waals surface area (Å²) in [5.41, 5.74) is -0.498. The Labute approximate surface area is 79.3 Å². The molecule has 0 saturated carbocycles. The molecular formula is C9H19NO3. The Hall–Kier alpha value is -0.770. The minimum Gasteiger partial charge on any atom is -0.444 e. The minimum absolute atomic E-state index is 0.296. The number of hydrogen-bond donors (Lipinski definition) is 2. The Morgan fingerprint density at radius 1 is 1.38 bits per heavy atom. The van der Waals surface area contributed by atoms with Gasteiger partial charge in [0.1, 0.15) is 5.60 Å². The van der Waals surface area contributed by atoms with E-state index in [-0.39, 0.29) is 6.04 Å². The summed E-state index contributed by atoms with van der Waals surface area (Å²) in [5, 5.41) is 11.6. The SMILES string of the molecule is CC(O)[C@H](C)NC(=O)OC(C)(C)C. The van der Waals surface area contributed by atoms with Gasteiger partial charge >= 0.3 is 6.09 Å². The van der Waals surface area contributed by atoms with E-state index in [1.807, 2.05) is 0 Å². The lowest BCUT2D eigenvalue weighted by Gasteiger charge is -2.22. The van der Waals surface area contributed by atoms with Crippen LogP contribution in [0, 0.1) is 0 Å². The van der Waals surface area contributed by atoms with Crippen LogP contribution in [-0.4, -0.2) is 28.9 Å². The summed E-state index contributed by atoms with van der Waals surface area (Å²) in [5.74, 6) is 0. The highest BCUT2D eigenvalue weighted by Gasteiger charge is 2.18. The van der Waals surface area contributed by atoms with Crippen LogP contribution in [0.2, 0.25) is 0 Å². The summed E-state index contributed by atoms with van der Waals surface area (Å²) >= 11 is 0. The van der Waals surface area contributed by atoms with Gasteiger partial charge in [0.15, 0.2) is 0 Å². The average Bonchev–Trinajstić information content (AvgIpc) is 1.81. The normalized spacial score (nSPS) is 16.2. The topological polar surface area (TPSA) is 58.6 Å². The fourth-order valence-corrected chi connectivity index (χ4v) is 0.614. The molecule has 0 aromatic rings. The Balaban J connectivity index is 3.89. The van der Waals surface area contributed by atoms with Gasteiger partial charge < -0.3 is 15.2 Å². The van der Waals surface area contributed by atoms with E-state index in [1.165, 1.54) is 0 Å². The van der Waals surface area contributed by atoms with Crippen molar-refractivity contribution in [3.63, 3.8) is 0 Å². The van der Waals surface area contributed by atoms with Crippen LogP contribution in [-0.2, 0) is 4.74 Å². The fraction of sp³-hybridized carbons (Fsp3) is 0.889. The van der Waals surface area contributed by atoms with Gasteiger partial charge in [-0.05, 0) is 34.6 Å². The molecule has 0 aliphatic carbocycles. The summed E-state index contributed by atoms with van der Waals surface area (Å²) in [7, 11) is 0. The summed E-state index contributed by atoms with van der Waals surface area (Å²) in [6.45, 7) is 8.70. The van der Waals surface area contributed by atoms with Gasteiger partial charge in [-0.25, -0.2) is 4.79 Å². The zero-order valence-electron chi connectivity index (χ0n) is 8.92. The number of carbonyl (C=O) groups is 1. The molecule has 1 unspecified atom stereocenters. The van der Waals surface area contributed by atoms with Crippen LogP contribution in [0.15, 0.2) is 0 Å². The lowest BCUT2D eigenvalue weighted by molar-refractivity contribution is 0.0450. The van der Waals surface area contributed by atoms with Crippen molar-refractivity contribution in [2.24, 2.45) is 0 Å². The quantitative estimate of drug-likeness (QED) is 0.688. The van der Waals surface area contributed by atoms with Crippen LogP contribution >= 0.6 is 0 Å². The van der Waals surface area contributed by atoms with E-state index < -0.39 is 17.8 Å². The number of carbonyl (C=O) groups excluding carboxylic acids is 1. The average molecular weight is 189 g/mol. The number of ether oxygens (including phenoxy) is 1. The predicted molar refractivity (Wildman–Crippen MR) is 50.5 cm³/mol. The molecule has 0 aromatic carbocycles. The van der Waals surface area contributed by atoms with Gasteiger partial charge in [0.2, 0.25) is 0 Å². The molecule has 0 heterocycles. The summed E-state index contributed by atoms with van der Waals surface area (Å²) < 4.78 is 5.00. The standard InChI is InChI=1S/C9H19NO3/c1-6(7(2)11)10-8(12)13-9(3,4)5/h6-7,11H,1-5H3,(H,10,12)/t6-,7?/m0/s1. The largest absolute Gasteiger partial charge is 0.444 e. The second-order valence-electron chi connectivity index (χ2n) is 4.18. The third-order valence-electron chi connectivity index (χ3n) is 1.47. The number of aliphatic hydroxyl groups excluding tert-OH is 1. The van der Waals surface area contributed by atoms with Crippen LogP contribution in [0.1, 0.15) is 34.6 Å². The number of rotatable bonds is 2. The van der Waals surface area contributed by atoms with Gasteiger partial charge in [-0.15, -0.1) is 0 Å². The number of aliphatic hydroxyl groups is 1. The molecule has 0 bridgehead atoms. The number of hydrogen-bond acceptors (Lipinski definition) is 3. The van der Waals surface area contributed by atoms with Gasteiger partial charge in [-0.1, -0.05) is 0 Å². The maximum Gasteiger partial charge on any atom is 0.407 e. The van der Waals surface area contributed by atoms with Crippen LogP contribution < -0.4 is 5.32 Å². The maximum absolute atomic E-state index is 11.1. The van der Waals surface area contributed by atoms with E-state index >= 15 is 0 Å². The molecule has 2 N–H and O–H groups in total.